The summed E-state index contributed by atoms with van der Waals surface area (Å²) < 4.78 is 0. The van der Waals surface area contributed by atoms with Crippen LogP contribution in [0.25, 0.3) is 6.08 Å². The fourth-order valence-corrected chi connectivity index (χ4v) is 2.92. The van der Waals surface area contributed by atoms with Gasteiger partial charge in [0, 0.05) is 10.7 Å². The first-order valence-electron chi connectivity index (χ1n) is 6.69. The van der Waals surface area contributed by atoms with Gasteiger partial charge in [-0.05, 0) is 41.5 Å². The Kier molecular flexibility index (Phi) is 3.87. The molecule has 4 rings (SSSR count). The Bertz CT molecular complexity index is 722. The Morgan fingerprint density at radius 3 is 2.57 bits per heavy atom. The van der Waals surface area contributed by atoms with Crippen molar-refractivity contribution in [1.29, 1.82) is 0 Å². The summed E-state index contributed by atoms with van der Waals surface area (Å²) >= 11 is 5.95. The Balaban J connectivity index is 0.00000132. The molecular formula is C17H13BrClN2-. The van der Waals surface area contributed by atoms with E-state index in [1.807, 2.05) is 12.1 Å². The summed E-state index contributed by atoms with van der Waals surface area (Å²) in [6.07, 6.45) is 4.23. The van der Waals surface area contributed by atoms with Crippen LogP contribution in [-0.4, -0.2) is 12.4 Å². The zero-order valence-electron chi connectivity index (χ0n) is 11.2. The molecule has 0 aromatic heterocycles. The average molecular weight is 361 g/mol. The molecule has 2 aromatic carbocycles. The lowest BCUT2D eigenvalue weighted by Crippen LogP contribution is -3.00. The predicted molar refractivity (Wildman–Crippen MR) is 84.5 cm³/mol. The van der Waals surface area contributed by atoms with E-state index in [-0.39, 0.29) is 23.0 Å². The molecule has 0 amide bonds. The van der Waals surface area contributed by atoms with E-state index in [0.717, 1.165) is 17.4 Å². The highest BCUT2D eigenvalue weighted by Gasteiger charge is 2.28. The number of nitrogens with zero attached hydrogens (tertiary/aromatic N) is 2. The molecule has 106 valence electrons. The molecule has 1 unspecified atom stereocenters. The predicted octanol–water partition coefficient (Wildman–Crippen LogP) is 1.33. The molecule has 2 aliphatic rings. The van der Waals surface area contributed by atoms with E-state index in [2.05, 4.69) is 53.5 Å². The minimum absolute atomic E-state index is 0. The van der Waals surface area contributed by atoms with Gasteiger partial charge in [-0.2, -0.15) is 0 Å². The minimum Gasteiger partial charge on any atom is -1.00 e. The first-order valence-corrected chi connectivity index (χ1v) is 7.07. The summed E-state index contributed by atoms with van der Waals surface area (Å²) in [6, 6.07) is 16.6. The van der Waals surface area contributed by atoms with Crippen LogP contribution >= 0.6 is 11.6 Å². The molecule has 0 saturated heterocycles. The zero-order chi connectivity index (χ0) is 13.5. The lowest BCUT2D eigenvalue weighted by molar-refractivity contribution is -0.00000375. The van der Waals surface area contributed by atoms with Gasteiger partial charge in [0.2, 0.25) is 0 Å². The molecule has 0 radical (unpaired) electrons. The van der Waals surface area contributed by atoms with Crippen molar-refractivity contribution in [1.82, 2.24) is 0 Å². The summed E-state index contributed by atoms with van der Waals surface area (Å²) in [6.45, 7) is 0.887. The van der Waals surface area contributed by atoms with E-state index in [0.29, 0.717) is 0 Å². The van der Waals surface area contributed by atoms with Gasteiger partial charge in [-0.1, -0.05) is 41.9 Å². The molecule has 1 atom stereocenters. The van der Waals surface area contributed by atoms with Crippen LogP contribution < -0.4 is 21.9 Å². The Morgan fingerprint density at radius 2 is 1.76 bits per heavy atom. The molecule has 2 aliphatic heterocycles. The second-order valence-electron chi connectivity index (χ2n) is 5.06. The molecular weight excluding hydrogens is 348 g/mol. The molecule has 0 fully saturated rings. The quantitative estimate of drug-likeness (QED) is 0.749. The number of amidine groups is 1. The van der Waals surface area contributed by atoms with Crippen LogP contribution in [0.4, 0.5) is 5.69 Å². The summed E-state index contributed by atoms with van der Waals surface area (Å²) in [5.74, 6) is 1.05. The molecule has 2 nitrogen and oxygen atoms in total. The van der Waals surface area contributed by atoms with Gasteiger partial charge >= 0.3 is 0 Å². The zero-order valence-corrected chi connectivity index (χ0v) is 13.6. The van der Waals surface area contributed by atoms with Crippen LogP contribution in [0.1, 0.15) is 17.2 Å². The van der Waals surface area contributed by atoms with Gasteiger partial charge in [0.1, 0.15) is 5.84 Å². The second kappa shape index (κ2) is 5.66. The van der Waals surface area contributed by atoms with Gasteiger partial charge in [0.25, 0.3) is 0 Å². The number of anilines is 1. The third-order valence-electron chi connectivity index (χ3n) is 3.81. The lowest BCUT2D eigenvalue weighted by atomic mass is 10.1. The van der Waals surface area contributed by atoms with Crippen molar-refractivity contribution in [2.75, 3.05) is 11.4 Å². The van der Waals surface area contributed by atoms with Gasteiger partial charge in [0.15, 0.2) is 0 Å². The van der Waals surface area contributed by atoms with Crippen LogP contribution in [0.5, 0.6) is 0 Å². The Morgan fingerprint density at radius 1 is 1.00 bits per heavy atom. The smallest absolute Gasteiger partial charge is 0.128 e. The van der Waals surface area contributed by atoms with Crippen LogP contribution in [0, 0.1) is 0 Å². The number of aliphatic imine (C=N–C) groups is 1. The van der Waals surface area contributed by atoms with E-state index in [9.17, 15) is 0 Å². The molecule has 0 aliphatic carbocycles. The van der Waals surface area contributed by atoms with Crippen molar-refractivity contribution >= 4 is 29.2 Å². The van der Waals surface area contributed by atoms with Crippen LogP contribution in [-0.2, 0) is 0 Å². The van der Waals surface area contributed by atoms with E-state index in [1.165, 1.54) is 16.8 Å². The normalized spacial score (nSPS) is 18.6. The molecule has 0 N–H and O–H groups in total. The highest BCUT2D eigenvalue weighted by molar-refractivity contribution is 6.30. The van der Waals surface area contributed by atoms with E-state index in [1.54, 1.807) is 0 Å². The minimum atomic E-state index is 0. The maximum absolute atomic E-state index is 5.95. The fraction of sp³-hybridized carbons (Fsp3) is 0.118. The molecule has 0 bridgehead atoms. The number of hydrogen-bond acceptors (Lipinski definition) is 2. The molecule has 2 heterocycles. The van der Waals surface area contributed by atoms with Gasteiger partial charge in [-0.25, -0.2) is 0 Å². The summed E-state index contributed by atoms with van der Waals surface area (Å²) in [5.41, 5.74) is 3.70. The van der Waals surface area contributed by atoms with Gasteiger partial charge < -0.3 is 21.9 Å². The van der Waals surface area contributed by atoms with E-state index in [4.69, 9.17) is 16.6 Å². The number of para-hydroxylation sites is 1. The number of rotatable bonds is 1. The largest absolute Gasteiger partial charge is 1.00 e. The van der Waals surface area contributed by atoms with Crippen molar-refractivity contribution in [3.63, 3.8) is 0 Å². The van der Waals surface area contributed by atoms with Crippen molar-refractivity contribution in [2.24, 2.45) is 4.99 Å². The van der Waals surface area contributed by atoms with Gasteiger partial charge in [-0.3, -0.25) is 4.99 Å². The first kappa shape index (κ1) is 14.4. The van der Waals surface area contributed by atoms with E-state index >= 15 is 0 Å². The van der Waals surface area contributed by atoms with Crippen molar-refractivity contribution in [3.05, 3.63) is 70.8 Å². The standard InChI is InChI=1S/C17H13ClN2.BrH/c18-14-8-5-12(6-9-14)15-11-20-16-4-2-1-3-13(16)7-10-17(20)19-15;/h1-10,15H,11H2;1H/p-1. The maximum Gasteiger partial charge on any atom is 0.128 e. The Labute approximate surface area is 139 Å². The van der Waals surface area contributed by atoms with Crippen LogP contribution in [0.3, 0.4) is 0 Å². The lowest BCUT2D eigenvalue weighted by Gasteiger charge is -2.24. The number of benzene rings is 2. The monoisotopic (exact) mass is 359 g/mol. The summed E-state index contributed by atoms with van der Waals surface area (Å²) in [7, 11) is 0. The fourth-order valence-electron chi connectivity index (χ4n) is 2.79. The third kappa shape index (κ3) is 2.52. The Hall–Kier alpha value is -1.58. The van der Waals surface area contributed by atoms with Crippen molar-refractivity contribution in [3.8, 4) is 0 Å². The SMILES string of the molecule is Clc1ccc(C2CN3C(=N2)C=Cc2ccccc23)cc1.[Br-]. The van der Waals surface area contributed by atoms with Crippen LogP contribution in [0.15, 0.2) is 59.6 Å². The van der Waals surface area contributed by atoms with Gasteiger partial charge in [-0.15, -0.1) is 0 Å². The number of hydrogen-bond donors (Lipinski definition) is 0. The molecule has 0 spiro atoms. The molecule has 4 heteroatoms. The number of fused-ring (bicyclic) bond motifs is 3. The number of halogens is 2. The van der Waals surface area contributed by atoms with Crippen molar-refractivity contribution in [2.45, 2.75) is 6.04 Å². The molecule has 21 heavy (non-hydrogen) atoms. The highest BCUT2D eigenvalue weighted by Crippen LogP contribution is 2.34. The summed E-state index contributed by atoms with van der Waals surface area (Å²) in [5, 5.41) is 0.766. The van der Waals surface area contributed by atoms with Crippen molar-refractivity contribution < 1.29 is 17.0 Å². The maximum atomic E-state index is 5.95. The molecule has 2 aromatic rings. The topological polar surface area (TPSA) is 15.6 Å². The highest BCUT2D eigenvalue weighted by atomic mass is 79.9. The summed E-state index contributed by atoms with van der Waals surface area (Å²) in [4.78, 5) is 7.11. The molecule has 0 saturated carbocycles. The average Bonchev–Trinajstić information content (AvgIpc) is 2.92. The van der Waals surface area contributed by atoms with Crippen LogP contribution in [0.2, 0.25) is 5.02 Å². The van der Waals surface area contributed by atoms with E-state index < -0.39 is 0 Å². The van der Waals surface area contributed by atoms with Gasteiger partial charge in [0.05, 0.1) is 12.6 Å². The third-order valence-corrected chi connectivity index (χ3v) is 4.07. The second-order valence-corrected chi connectivity index (χ2v) is 5.49. The first-order chi connectivity index (χ1) is 9.81.